The summed E-state index contributed by atoms with van der Waals surface area (Å²) in [4.78, 5) is 15.8. The van der Waals surface area contributed by atoms with E-state index >= 15 is 0 Å². The quantitative estimate of drug-likeness (QED) is 0.406. The number of nitrogens with one attached hydrogen (secondary N) is 3. The van der Waals surface area contributed by atoms with Gasteiger partial charge in [-0.2, -0.15) is 10.4 Å². The van der Waals surface area contributed by atoms with Crippen LogP contribution in [0.2, 0.25) is 0 Å². The van der Waals surface area contributed by atoms with Gasteiger partial charge < -0.3 is 14.8 Å². The monoisotopic (exact) mass is 426 g/mol. The molecule has 32 heavy (non-hydrogen) atoms. The number of amides is 1. The van der Waals surface area contributed by atoms with Gasteiger partial charge in [0.15, 0.2) is 11.9 Å². The van der Waals surface area contributed by atoms with Gasteiger partial charge in [-0.3, -0.25) is 5.43 Å². The number of anilines is 2. The van der Waals surface area contributed by atoms with Crippen LogP contribution in [0.5, 0.6) is 5.75 Å². The molecule has 1 amide bonds. The number of benzene rings is 2. The van der Waals surface area contributed by atoms with Gasteiger partial charge in [0.2, 0.25) is 5.95 Å². The molecule has 3 heterocycles. The Morgan fingerprint density at radius 3 is 2.69 bits per heavy atom. The molecule has 1 atom stereocenters. The molecule has 5 rings (SSSR count). The number of aromatic nitrogens is 3. The molecule has 0 aliphatic carbocycles. The van der Waals surface area contributed by atoms with Gasteiger partial charge in [0, 0.05) is 23.0 Å². The number of rotatable bonds is 6. The summed E-state index contributed by atoms with van der Waals surface area (Å²) in [6.45, 7) is 0.230. The van der Waals surface area contributed by atoms with Gasteiger partial charge in [-0.15, -0.1) is 11.5 Å². The summed E-state index contributed by atoms with van der Waals surface area (Å²) in [7, 11) is 0. The summed E-state index contributed by atoms with van der Waals surface area (Å²) in [5, 5.41) is 7.72. The number of pyridine rings is 1. The molecule has 1 unspecified atom stereocenters. The third-order valence-corrected chi connectivity index (χ3v) is 4.85. The van der Waals surface area contributed by atoms with Crippen LogP contribution in [0.25, 0.3) is 16.8 Å². The van der Waals surface area contributed by atoms with E-state index in [2.05, 4.69) is 32.2 Å². The Kier molecular flexibility index (Phi) is 5.03. The fraction of sp³-hybridized carbons (Fsp3) is 0.0870. The van der Waals surface area contributed by atoms with Crippen LogP contribution in [-0.2, 0) is 4.74 Å². The SMILES string of the molecule is C#CCOc1ccc(-c2cccn3nc(Nc4ccc(C5NNC(=O)O5)cc4)nc23)cc1. The summed E-state index contributed by atoms with van der Waals surface area (Å²) in [6, 6.07) is 19.0. The number of fused-ring (bicyclic) bond motifs is 1. The van der Waals surface area contributed by atoms with Crippen molar-refractivity contribution >= 4 is 23.4 Å². The number of carbonyl (C=O) groups is 1. The molecule has 0 spiro atoms. The molecule has 2 aromatic heterocycles. The highest BCUT2D eigenvalue weighted by Gasteiger charge is 2.23. The Balaban J connectivity index is 1.36. The van der Waals surface area contributed by atoms with Crippen LogP contribution in [0.15, 0.2) is 66.9 Å². The lowest BCUT2D eigenvalue weighted by Gasteiger charge is -2.09. The molecule has 2 aromatic carbocycles. The van der Waals surface area contributed by atoms with Crippen molar-refractivity contribution in [1.82, 2.24) is 25.4 Å². The molecule has 0 bridgehead atoms. The second-order valence-corrected chi connectivity index (χ2v) is 6.94. The van der Waals surface area contributed by atoms with Crippen molar-refractivity contribution in [1.29, 1.82) is 0 Å². The van der Waals surface area contributed by atoms with Gasteiger partial charge in [-0.1, -0.05) is 30.2 Å². The van der Waals surface area contributed by atoms with Crippen molar-refractivity contribution in [2.24, 2.45) is 0 Å². The van der Waals surface area contributed by atoms with Crippen LogP contribution in [0.1, 0.15) is 11.8 Å². The summed E-state index contributed by atoms with van der Waals surface area (Å²) >= 11 is 0. The standard InChI is InChI=1S/C23H18N6O3/c1-2-14-31-18-11-7-15(8-12-18)19-4-3-13-29-20(19)25-22(28-29)24-17-9-5-16(6-10-17)21-26-27-23(30)32-21/h1,3-13,21,26H,14H2,(H,24,28)(H,27,30). The van der Waals surface area contributed by atoms with Gasteiger partial charge in [0.1, 0.15) is 12.4 Å². The Labute approximate surface area is 183 Å². The molecule has 3 N–H and O–H groups in total. The minimum atomic E-state index is -0.518. The minimum Gasteiger partial charge on any atom is -0.481 e. The van der Waals surface area contributed by atoms with Crippen molar-refractivity contribution in [3.8, 4) is 29.2 Å². The van der Waals surface area contributed by atoms with Crippen molar-refractivity contribution in [3.05, 3.63) is 72.4 Å². The van der Waals surface area contributed by atoms with Gasteiger partial charge in [-0.25, -0.2) is 9.31 Å². The highest BCUT2D eigenvalue weighted by Crippen LogP contribution is 2.27. The molecule has 1 aliphatic rings. The van der Waals surface area contributed by atoms with Crippen LogP contribution < -0.4 is 20.9 Å². The van der Waals surface area contributed by atoms with Crippen molar-refractivity contribution in [2.75, 3.05) is 11.9 Å². The summed E-state index contributed by atoms with van der Waals surface area (Å²) in [6.07, 6.45) is 6.06. The van der Waals surface area contributed by atoms with Gasteiger partial charge >= 0.3 is 6.09 Å². The van der Waals surface area contributed by atoms with E-state index in [1.807, 2.05) is 66.9 Å². The zero-order chi connectivity index (χ0) is 21.9. The number of hydrogen-bond acceptors (Lipinski definition) is 7. The number of carbonyl (C=O) groups excluding carboxylic acids is 1. The predicted octanol–water partition coefficient (Wildman–Crippen LogP) is 3.39. The fourth-order valence-corrected chi connectivity index (χ4v) is 3.35. The van der Waals surface area contributed by atoms with Crippen molar-refractivity contribution < 1.29 is 14.3 Å². The van der Waals surface area contributed by atoms with Crippen LogP contribution in [0.4, 0.5) is 16.4 Å². The van der Waals surface area contributed by atoms with Gasteiger partial charge in [0.25, 0.3) is 0 Å². The first-order valence-corrected chi connectivity index (χ1v) is 9.81. The molecule has 1 saturated heterocycles. The van der Waals surface area contributed by atoms with E-state index in [9.17, 15) is 4.79 Å². The average Bonchev–Trinajstić information content (AvgIpc) is 3.44. The second-order valence-electron chi connectivity index (χ2n) is 6.94. The maximum atomic E-state index is 11.2. The zero-order valence-corrected chi connectivity index (χ0v) is 16.8. The van der Waals surface area contributed by atoms with E-state index < -0.39 is 12.3 Å². The van der Waals surface area contributed by atoms with Crippen LogP contribution in [0, 0.1) is 12.3 Å². The predicted molar refractivity (Wildman–Crippen MR) is 118 cm³/mol. The molecule has 4 aromatic rings. The molecule has 9 nitrogen and oxygen atoms in total. The number of nitrogens with zero attached hydrogens (tertiary/aromatic N) is 3. The van der Waals surface area contributed by atoms with E-state index in [1.165, 1.54) is 0 Å². The molecular weight excluding hydrogens is 408 g/mol. The third-order valence-electron chi connectivity index (χ3n) is 4.85. The molecule has 1 aliphatic heterocycles. The Bertz CT molecular complexity index is 1310. The fourth-order valence-electron chi connectivity index (χ4n) is 3.35. The Morgan fingerprint density at radius 2 is 1.97 bits per heavy atom. The Hall–Kier alpha value is -4.55. The number of ether oxygens (including phenoxy) is 2. The highest BCUT2D eigenvalue weighted by atomic mass is 16.6. The van der Waals surface area contributed by atoms with Crippen LogP contribution in [-0.4, -0.2) is 27.3 Å². The molecule has 0 radical (unpaired) electrons. The number of hydrazine groups is 1. The van der Waals surface area contributed by atoms with Crippen LogP contribution >= 0.6 is 0 Å². The molecule has 1 fully saturated rings. The topological polar surface area (TPSA) is 102 Å². The maximum absolute atomic E-state index is 11.2. The minimum absolute atomic E-state index is 0.230. The van der Waals surface area contributed by atoms with Gasteiger partial charge in [-0.05, 0) is 42.0 Å². The first kappa shape index (κ1) is 19.4. The summed E-state index contributed by atoms with van der Waals surface area (Å²) < 4.78 is 12.3. The summed E-state index contributed by atoms with van der Waals surface area (Å²) in [5.41, 5.74) is 9.42. The van der Waals surface area contributed by atoms with E-state index in [0.717, 1.165) is 28.0 Å². The largest absolute Gasteiger partial charge is 0.481 e. The smallest absolute Gasteiger partial charge is 0.423 e. The lowest BCUT2D eigenvalue weighted by molar-refractivity contribution is 0.130. The Morgan fingerprint density at radius 1 is 1.16 bits per heavy atom. The van der Waals surface area contributed by atoms with E-state index in [-0.39, 0.29) is 6.61 Å². The second kappa shape index (κ2) is 8.29. The van der Waals surface area contributed by atoms with E-state index in [1.54, 1.807) is 4.52 Å². The number of hydrogen-bond donors (Lipinski definition) is 3. The molecule has 9 heteroatoms. The zero-order valence-electron chi connectivity index (χ0n) is 16.8. The first-order chi connectivity index (χ1) is 15.7. The van der Waals surface area contributed by atoms with Crippen molar-refractivity contribution in [2.45, 2.75) is 6.23 Å². The number of cyclic esters (lactones) is 1. The van der Waals surface area contributed by atoms with E-state index in [4.69, 9.17) is 15.9 Å². The van der Waals surface area contributed by atoms with Gasteiger partial charge in [0.05, 0.1) is 0 Å². The normalized spacial score (nSPS) is 15.1. The highest BCUT2D eigenvalue weighted by molar-refractivity contribution is 5.78. The molecule has 158 valence electrons. The van der Waals surface area contributed by atoms with Crippen molar-refractivity contribution in [3.63, 3.8) is 0 Å². The average molecular weight is 426 g/mol. The summed E-state index contributed by atoms with van der Waals surface area (Å²) in [5.74, 6) is 3.63. The van der Waals surface area contributed by atoms with E-state index in [0.29, 0.717) is 11.7 Å². The molecule has 0 saturated carbocycles. The van der Waals surface area contributed by atoms with Crippen LogP contribution in [0.3, 0.4) is 0 Å². The maximum Gasteiger partial charge on any atom is 0.423 e. The lowest BCUT2D eigenvalue weighted by atomic mass is 10.1. The molecular formula is C23H18N6O3. The third kappa shape index (κ3) is 3.90. The first-order valence-electron chi connectivity index (χ1n) is 9.81. The lowest BCUT2D eigenvalue weighted by Crippen LogP contribution is -2.26. The number of terminal acetylenes is 1.